The van der Waals surface area contributed by atoms with Crippen LogP contribution in [-0.4, -0.2) is 5.33 Å². The molecule has 25 heavy (non-hydrogen) atoms. The van der Waals surface area contributed by atoms with Crippen molar-refractivity contribution in [2.75, 3.05) is 5.33 Å². The molecule has 0 heterocycles. The van der Waals surface area contributed by atoms with Gasteiger partial charge in [0.15, 0.2) is 0 Å². The summed E-state index contributed by atoms with van der Waals surface area (Å²) in [6.45, 7) is 0. The summed E-state index contributed by atoms with van der Waals surface area (Å²) in [6, 6.07) is 20.0. The van der Waals surface area contributed by atoms with E-state index in [2.05, 4.69) is 70.5 Å². The van der Waals surface area contributed by atoms with Crippen molar-refractivity contribution in [1.29, 1.82) is 0 Å². The van der Waals surface area contributed by atoms with Crippen LogP contribution in [0.3, 0.4) is 0 Å². The van der Waals surface area contributed by atoms with Crippen molar-refractivity contribution in [2.45, 2.75) is 63.7 Å². The second-order valence-corrected chi connectivity index (χ2v) is 8.39. The second kappa shape index (κ2) is 10.2. The molecule has 0 unspecified atom stereocenters. The summed E-state index contributed by atoms with van der Waals surface area (Å²) in [7, 11) is 0. The highest BCUT2D eigenvalue weighted by Crippen LogP contribution is 2.38. The van der Waals surface area contributed by atoms with Crippen molar-refractivity contribution in [3.05, 3.63) is 60.2 Å². The van der Waals surface area contributed by atoms with Gasteiger partial charge in [0.1, 0.15) is 0 Å². The summed E-state index contributed by atoms with van der Waals surface area (Å²) in [5.74, 6) is 1.78. The predicted molar refractivity (Wildman–Crippen MR) is 113 cm³/mol. The molecule has 1 aliphatic rings. The van der Waals surface area contributed by atoms with E-state index in [0.717, 1.165) is 11.8 Å². The van der Waals surface area contributed by atoms with Gasteiger partial charge in [-0.3, -0.25) is 0 Å². The minimum atomic E-state index is 0.787. The number of unbranched alkanes of at least 4 members (excludes halogenated alkanes) is 3. The van der Waals surface area contributed by atoms with Gasteiger partial charge in [0.2, 0.25) is 0 Å². The zero-order chi connectivity index (χ0) is 17.3. The lowest BCUT2D eigenvalue weighted by molar-refractivity contribution is 0.302. The molecule has 134 valence electrons. The van der Waals surface area contributed by atoms with Gasteiger partial charge in [-0.1, -0.05) is 96.2 Å². The Kier molecular flexibility index (Phi) is 7.60. The van der Waals surface area contributed by atoms with Gasteiger partial charge in [-0.05, 0) is 60.6 Å². The Balaban J connectivity index is 1.45. The third-order valence-corrected chi connectivity index (χ3v) is 6.39. The fourth-order valence-electron chi connectivity index (χ4n) is 4.24. The van der Waals surface area contributed by atoms with E-state index in [9.17, 15) is 0 Å². The van der Waals surface area contributed by atoms with Crippen LogP contribution in [0.2, 0.25) is 0 Å². The number of hydrogen-bond acceptors (Lipinski definition) is 0. The molecule has 3 rings (SSSR count). The van der Waals surface area contributed by atoms with Gasteiger partial charge in [-0.25, -0.2) is 0 Å². The summed E-state index contributed by atoms with van der Waals surface area (Å²) < 4.78 is 0. The maximum absolute atomic E-state index is 3.52. The first-order chi connectivity index (χ1) is 12.4. The fraction of sp³-hybridized carbons (Fsp3) is 0.500. The molecule has 0 amide bonds. The molecule has 1 saturated carbocycles. The average molecular weight is 399 g/mol. The van der Waals surface area contributed by atoms with E-state index in [1.54, 1.807) is 5.56 Å². The molecule has 0 N–H and O–H groups in total. The summed E-state index contributed by atoms with van der Waals surface area (Å²) in [4.78, 5) is 0. The summed E-state index contributed by atoms with van der Waals surface area (Å²) in [5.41, 5.74) is 4.20. The van der Waals surface area contributed by atoms with E-state index in [-0.39, 0.29) is 0 Å². The van der Waals surface area contributed by atoms with Gasteiger partial charge in [0.25, 0.3) is 0 Å². The highest BCUT2D eigenvalue weighted by molar-refractivity contribution is 9.09. The van der Waals surface area contributed by atoms with Crippen LogP contribution < -0.4 is 0 Å². The van der Waals surface area contributed by atoms with Crippen LogP contribution in [0.4, 0.5) is 0 Å². The molecule has 0 nitrogen and oxygen atoms in total. The molecular formula is C24H31Br. The molecule has 0 aliphatic heterocycles. The molecule has 0 saturated heterocycles. The predicted octanol–water partition coefficient (Wildman–Crippen LogP) is 7.97. The zero-order valence-electron chi connectivity index (χ0n) is 15.3. The number of rotatable bonds is 8. The lowest BCUT2D eigenvalue weighted by atomic mass is 9.77. The van der Waals surface area contributed by atoms with Crippen LogP contribution >= 0.6 is 15.9 Å². The van der Waals surface area contributed by atoms with Gasteiger partial charge in [0.05, 0.1) is 0 Å². The van der Waals surface area contributed by atoms with Crippen molar-refractivity contribution in [2.24, 2.45) is 5.92 Å². The molecular weight excluding hydrogens is 368 g/mol. The monoisotopic (exact) mass is 398 g/mol. The standard InChI is InChI=1S/C24H31Br/c25-19-7-2-1-4-8-20-11-13-22(14-12-20)24-17-15-23(16-18-24)21-9-5-3-6-10-21/h3,5-6,9-10,15-18,20,22H,1-2,4,7-8,11-14,19H2. The Hall–Kier alpha value is -1.08. The zero-order valence-corrected chi connectivity index (χ0v) is 16.9. The van der Waals surface area contributed by atoms with E-state index in [1.807, 2.05) is 0 Å². The van der Waals surface area contributed by atoms with Gasteiger partial charge < -0.3 is 0 Å². The molecule has 1 fully saturated rings. The van der Waals surface area contributed by atoms with E-state index in [4.69, 9.17) is 0 Å². The smallest absolute Gasteiger partial charge is 0.00313 e. The Morgan fingerprint density at radius 2 is 1.32 bits per heavy atom. The van der Waals surface area contributed by atoms with Crippen molar-refractivity contribution in [3.63, 3.8) is 0 Å². The SMILES string of the molecule is BrCCCCCCC1CCC(c2ccc(-c3ccccc3)cc2)CC1. The first-order valence-corrected chi connectivity index (χ1v) is 11.2. The molecule has 0 spiro atoms. The minimum Gasteiger partial charge on any atom is -0.0928 e. The largest absolute Gasteiger partial charge is 0.0928 e. The molecule has 0 radical (unpaired) electrons. The fourth-order valence-corrected chi connectivity index (χ4v) is 4.64. The number of alkyl halides is 1. The van der Waals surface area contributed by atoms with E-state index in [1.165, 1.54) is 74.2 Å². The highest BCUT2D eigenvalue weighted by Gasteiger charge is 2.22. The van der Waals surface area contributed by atoms with Gasteiger partial charge in [0, 0.05) is 5.33 Å². The Bertz CT molecular complexity index is 594. The number of hydrogen-bond donors (Lipinski definition) is 0. The van der Waals surface area contributed by atoms with E-state index in [0.29, 0.717) is 0 Å². The molecule has 0 aromatic heterocycles. The van der Waals surface area contributed by atoms with Crippen LogP contribution in [0.1, 0.15) is 69.3 Å². The normalized spacial score (nSPS) is 20.5. The molecule has 2 aromatic rings. The summed E-state index contributed by atoms with van der Waals surface area (Å²) in [5, 5.41) is 1.17. The lowest BCUT2D eigenvalue weighted by Gasteiger charge is -2.29. The maximum Gasteiger partial charge on any atom is 0.00313 e. The Morgan fingerprint density at radius 1 is 0.680 bits per heavy atom. The first-order valence-electron chi connectivity index (χ1n) is 10.1. The van der Waals surface area contributed by atoms with Crippen LogP contribution in [0.5, 0.6) is 0 Å². The van der Waals surface area contributed by atoms with Crippen LogP contribution in [-0.2, 0) is 0 Å². The third kappa shape index (κ3) is 5.71. The topological polar surface area (TPSA) is 0 Å². The van der Waals surface area contributed by atoms with Crippen molar-refractivity contribution >= 4 is 15.9 Å². The van der Waals surface area contributed by atoms with Gasteiger partial charge in [-0.15, -0.1) is 0 Å². The van der Waals surface area contributed by atoms with Gasteiger partial charge in [-0.2, -0.15) is 0 Å². The number of halogens is 1. The minimum absolute atomic E-state index is 0.787. The molecule has 0 atom stereocenters. The quantitative estimate of drug-likeness (QED) is 0.312. The first kappa shape index (κ1) is 18.7. The van der Waals surface area contributed by atoms with Crippen molar-refractivity contribution in [1.82, 2.24) is 0 Å². The molecule has 1 heteroatoms. The van der Waals surface area contributed by atoms with E-state index >= 15 is 0 Å². The number of benzene rings is 2. The van der Waals surface area contributed by atoms with Crippen molar-refractivity contribution < 1.29 is 0 Å². The lowest BCUT2D eigenvalue weighted by Crippen LogP contribution is -2.13. The van der Waals surface area contributed by atoms with Crippen LogP contribution in [0.25, 0.3) is 11.1 Å². The highest BCUT2D eigenvalue weighted by atomic mass is 79.9. The van der Waals surface area contributed by atoms with Crippen LogP contribution in [0.15, 0.2) is 54.6 Å². The third-order valence-electron chi connectivity index (χ3n) is 5.83. The Labute approximate surface area is 162 Å². The second-order valence-electron chi connectivity index (χ2n) is 7.60. The van der Waals surface area contributed by atoms with Crippen molar-refractivity contribution in [3.8, 4) is 11.1 Å². The van der Waals surface area contributed by atoms with Gasteiger partial charge >= 0.3 is 0 Å². The molecule has 0 bridgehead atoms. The Morgan fingerprint density at radius 3 is 2.00 bits per heavy atom. The summed E-state index contributed by atoms with van der Waals surface area (Å²) in [6.07, 6.45) is 12.7. The summed E-state index contributed by atoms with van der Waals surface area (Å²) >= 11 is 3.52. The average Bonchev–Trinajstić information content (AvgIpc) is 2.69. The molecule has 2 aromatic carbocycles. The van der Waals surface area contributed by atoms with E-state index < -0.39 is 0 Å². The molecule has 1 aliphatic carbocycles. The maximum atomic E-state index is 3.52. The van der Waals surface area contributed by atoms with Crippen LogP contribution in [0, 0.1) is 5.92 Å².